The van der Waals surface area contributed by atoms with E-state index in [0.29, 0.717) is 12.0 Å². The molecule has 68 valence electrons. The van der Waals surface area contributed by atoms with Crippen molar-refractivity contribution >= 4 is 5.90 Å². The van der Waals surface area contributed by atoms with Gasteiger partial charge in [0.25, 0.3) is 0 Å². The van der Waals surface area contributed by atoms with Crippen LogP contribution in [0.4, 0.5) is 0 Å². The predicted octanol–water partition coefficient (Wildman–Crippen LogP) is 2.38. The van der Waals surface area contributed by atoms with E-state index in [1.165, 1.54) is 25.7 Å². The fraction of sp³-hybridized carbons (Fsp3) is 0.900. The second kappa shape index (κ2) is 3.46. The van der Waals surface area contributed by atoms with Crippen LogP contribution in [-0.2, 0) is 4.74 Å². The summed E-state index contributed by atoms with van der Waals surface area (Å²) in [5.41, 5.74) is 0. The molecule has 2 heteroatoms. The molecule has 2 nitrogen and oxygen atoms in total. The van der Waals surface area contributed by atoms with Gasteiger partial charge in [-0.05, 0) is 19.3 Å². The third kappa shape index (κ3) is 1.47. The number of aliphatic imine (C=N–C) groups is 1. The SMILES string of the molecule is CCC1CN=C(C2CCCC2)O1. The van der Waals surface area contributed by atoms with E-state index in [0.717, 1.165) is 18.9 Å². The van der Waals surface area contributed by atoms with E-state index in [-0.39, 0.29) is 0 Å². The van der Waals surface area contributed by atoms with Crippen molar-refractivity contribution in [3.63, 3.8) is 0 Å². The maximum absolute atomic E-state index is 5.74. The van der Waals surface area contributed by atoms with Crippen molar-refractivity contribution in [2.24, 2.45) is 10.9 Å². The minimum Gasteiger partial charge on any atom is -0.476 e. The highest BCUT2D eigenvalue weighted by atomic mass is 16.5. The van der Waals surface area contributed by atoms with Crippen LogP contribution < -0.4 is 0 Å². The molecule has 0 saturated heterocycles. The van der Waals surface area contributed by atoms with Crippen LogP contribution in [0.5, 0.6) is 0 Å². The maximum atomic E-state index is 5.74. The lowest BCUT2D eigenvalue weighted by molar-refractivity contribution is 0.206. The fourth-order valence-electron chi connectivity index (χ4n) is 2.05. The molecule has 0 spiro atoms. The number of nitrogens with zero attached hydrogens (tertiary/aromatic N) is 1. The summed E-state index contributed by atoms with van der Waals surface area (Å²) in [6.45, 7) is 3.07. The third-order valence-corrected chi connectivity index (χ3v) is 2.90. The van der Waals surface area contributed by atoms with Gasteiger partial charge in [0.05, 0.1) is 6.54 Å². The van der Waals surface area contributed by atoms with Crippen LogP contribution in [0.15, 0.2) is 4.99 Å². The maximum Gasteiger partial charge on any atom is 0.186 e. The molecule has 1 unspecified atom stereocenters. The molecule has 0 aromatic rings. The van der Waals surface area contributed by atoms with Crippen LogP contribution in [0, 0.1) is 5.92 Å². The van der Waals surface area contributed by atoms with Crippen molar-refractivity contribution in [2.45, 2.75) is 45.1 Å². The summed E-state index contributed by atoms with van der Waals surface area (Å²) < 4.78 is 5.74. The predicted molar refractivity (Wildman–Crippen MR) is 49.4 cm³/mol. The van der Waals surface area contributed by atoms with Crippen molar-refractivity contribution in [1.29, 1.82) is 0 Å². The Morgan fingerprint density at radius 1 is 1.42 bits per heavy atom. The van der Waals surface area contributed by atoms with Gasteiger partial charge in [0, 0.05) is 5.92 Å². The number of ether oxygens (including phenoxy) is 1. The van der Waals surface area contributed by atoms with Crippen molar-refractivity contribution in [2.75, 3.05) is 6.54 Å². The van der Waals surface area contributed by atoms with Crippen LogP contribution in [0.25, 0.3) is 0 Å². The molecule has 1 fully saturated rings. The highest BCUT2D eigenvalue weighted by molar-refractivity contribution is 5.80. The number of hydrogen-bond acceptors (Lipinski definition) is 2. The standard InChI is InChI=1S/C10H17NO/c1-2-9-7-11-10(12-9)8-5-3-4-6-8/h8-9H,2-7H2,1H3. The van der Waals surface area contributed by atoms with E-state index in [1.54, 1.807) is 0 Å². The van der Waals surface area contributed by atoms with Gasteiger partial charge in [-0.2, -0.15) is 0 Å². The summed E-state index contributed by atoms with van der Waals surface area (Å²) >= 11 is 0. The van der Waals surface area contributed by atoms with Gasteiger partial charge in [0.1, 0.15) is 6.10 Å². The Hall–Kier alpha value is -0.530. The van der Waals surface area contributed by atoms with Crippen LogP contribution in [0.1, 0.15) is 39.0 Å². The lowest BCUT2D eigenvalue weighted by Gasteiger charge is -2.12. The van der Waals surface area contributed by atoms with Gasteiger partial charge < -0.3 is 4.74 Å². The highest BCUT2D eigenvalue weighted by Gasteiger charge is 2.27. The van der Waals surface area contributed by atoms with Crippen LogP contribution in [0.3, 0.4) is 0 Å². The van der Waals surface area contributed by atoms with Gasteiger partial charge in [0.15, 0.2) is 5.90 Å². The Balaban J connectivity index is 1.89. The van der Waals surface area contributed by atoms with Crippen molar-refractivity contribution < 1.29 is 4.74 Å². The summed E-state index contributed by atoms with van der Waals surface area (Å²) in [6, 6.07) is 0. The number of hydrogen-bond donors (Lipinski definition) is 0. The van der Waals surface area contributed by atoms with Crippen LogP contribution in [-0.4, -0.2) is 18.5 Å². The minimum absolute atomic E-state index is 0.389. The molecule has 0 aromatic heterocycles. The van der Waals surface area contributed by atoms with Crippen molar-refractivity contribution in [3.05, 3.63) is 0 Å². The molecule has 1 saturated carbocycles. The molecule has 0 bridgehead atoms. The van der Waals surface area contributed by atoms with E-state index in [1.807, 2.05) is 0 Å². The van der Waals surface area contributed by atoms with Crippen LogP contribution in [0.2, 0.25) is 0 Å². The zero-order chi connectivity index (χ0) is 8.39. The first-order valence-electron chi connectivity index (χ1n) is 5.11. The molecular weight excluding hydrogens is 150 g/mol. The molecule has 1 aliphatic heterocycles. The minimum atomic E-state index is 0.389. The van der Waals surface area contributed by atoms with Gasteiger partial charge >= 0.3 is 0 Å². The number of rotatable bonds is 2. The Morgan fingerprint density at radius 2 is 2.17 bits per heavy atom. The fourth-order valence-corrected chi connectivity index (χ4v) is 2.05. The molecular formula is C10H17NO. The van der Waals surface area contributed by atoms with Gasteiger partial charge in [-0.15, -0.1) is 0 Å². The molecule has 1 heterocycles. The first-order chi connectivity index (χ1) is 5.90. The van der Waals surface area contributed by atoms with E-state index < -0.39 is 0 Å². The van der Waals surface area contributed by atoms with E-state index in [4.69, 9.17) is 4.74 Å². The lowest BCUT2D eigenvalue weighted by Crippen LogP contribution is -2.16. The Bertz CT molecular complexity index is 182. The second-order valence-electron chi connectivity index (χ2n) is 3.81. The Kier molecular flexibility index (Phi) is 2.33. The molecule has 1 atom stereocenters. The van der Waals surface area contributed by atoms with Crippen molar-refractivity contribution in [1.82, 2.24) is 0 Å². The van der Waals surface area contributed by atoms with Gasteiger partial charge in [-0.25, -0.2) is 0 Å². The Labute approximate surface area is 74.0 Å². The second-order valence-corrected chi connectivity index (χ2v) is 3.81. The first-order valence-corrected chi connectivity index (χ1v) is 5.11. The average molecular weight is 167 g/mol. The normalized spacial score (nSPS) is 30.4. The molecule has 2 aliphatic rings. The highest BCUT2D eigenvalue weighted by Crippen LogP contribution is 2.29. The van der Waals surface area contributed by atoms with E-state index in [2.05, 4.69) is 11.9 Å². The van der Waals surface area contributed by atoms with E-state index >= 15 is 0 Å². The molecule has 0 amide bonds. The molecule has 0 N–H and O–H groups in total. The van der Waals surface area contributed by atoms with Gasteiger partial charge in [-0.3, -0.25) is 4.99 Å². The molecule has 12 heavy (non-hydrogen) atoms. The molecule has 1 aliphatic carbocycles. The molecule has 2 rings (SSSR count). The van der Waals surface area contributed by atoms with E-state index in [9.17, 15) is 0 Å². The molecule has 0 radical (unpaired) electrons. The summed E-state index contributed by atoms with van der Waals surface area (Å²) in [5.74, 6) is 1.74. The summed E-state index contributed by atoms with van der Waals surface area (Å²) in [5, 5.41) is 0. The zero-order valence-corrected chi connectivity index (χ0v) is 7.75. The molecule has 0 aromatic carbocycles. The van der Waals surface area contributed by atoms with Gasteiger partial charge in [0.2, 0.25) is 0 Å². The summed E-state index contributed by atoms with van der Waals surface area (Å²) in [6.07, 6.45) is 6.82. The zero-order valence-electron chi connectivity index (χ0n) is 7.75. The van der Waals surface area contributed by atoms with Gasteiger partial charge in [-0.1, -0.05) is 19.8 Å². The third-order valence-electron chi connectivity index (χ3n) is 2.90. The Morgan fingerprint density at radius 3 is 2.75 bits per heavy atom. The first kappa shape index (κ1) is 8.09. The summed E-state index contributed by atoms with van der Waals surface area (Å²) in [4.78, 5) is 4.46. The topological polar surface area (TPSA) is 21.6 Å². The monoisotopic (exact) mass is 167 g/mol. The van der Waals surface area contributed by atoms with Crippen molar-refractivity contribution in [3.8, 4) is 0 Å². The largest absolute Gasteiger partial charge is 0.476 e. The average Bonchev–Trinajstić information content (AvgIpc) is 2.75. The van der Waals surface area contributed by atoms with Crippen LogP contribution >= 0.6 is 0 Å². The quantitative estimate of drug-likeness (QED) is 0.618. The summed E-state index contributed by atoms with van der Waals surface area (Å²) in [7, 11) is 0. The lowest BCUT2D eigenvalue weighted by atomic mass is 10.1. The smallest absolute Gasteiger partial charge is 0.186 e.